The highest BCUT2D eigenvalue weighted by Gasteiger charge is 2.53. The first-order chi connectivity index (χ1) is 4.18. The minimum absolute atomic E-state index is 0.0863. The van der Waals surface area contributed by atoms with Crippen LogP contribution in [0.2, 0.25) is 0 Å². The van der Waals surface area contributed by atoms with Crippen LogP contribution in [-0.4, -0.2) is 35.6 Å². The lowest BCUT2D eigenvalue weighted by atomic mass is 10.1. The molecule has 0 aliphatic carbocycles. The Morgan fingerprint density at radius 3 is 2.22 bits per heavy atom. The van der Waals surface area contributed by atoms with Crippen molar-refractivity contribution in [1.29, 1.82) is 0 Å². The highest BCUT2D eigenvalue weighted by molar-refractivity contribution is 8.40. The van der Waals surface area contributed by atoms with Gasteiger partial charge in [-0.1, -0.05) is 0 Å². The van der Waals surface area contributed by atoms with E-state index in [0.717, 1.165) is 0 Å². The summed E-state index contributed by atoms with van der Waals surface area (Å²) in [4.78, 5) is 0. The lowest BCUT2D eigenvalue weighted by Gasteiger charge is -2.49. The van der Waals surface area contributed by atoms with Crippen LogP contribution < -0.4 is 5.32 Å². The summed E-state index contributed by atoms with van der Waals surface area (Å²) in [6.45, 7) is 2.35. The van der Waals surface area contributed by atoms with Crippen molar-refractivity contribution in [2.75, 3.05) is 30.1 Å². The maximum Gasteiger partial charge on any atom is 0.0302 e. The predicted octanol–water partition coefficient (Wildman–Crippen LogP) is 0.796. The summed E-state index contributed by atoms with van der Waals surface area (Å²) < 4.78 is 0. The van der Waals surface area contributed by atoms with Gasteiger partial charge in [0.05, 0.1) is 0 Å². The molecule has 0 bridgehead atoms. The predicted molar refractivity (Wildman–Crippen MR) is 44.5 cm³/mol. The fourth-order valence-corrected chi connectivity index (χ4v) is 6.29. The SMILES string of the molecule is CNC1(C)CS2(CC2)C1. The first kappa shape index (κ1) is 6.05. The van der Waals surface area contributed by atoms with E-state index in [2.05, 4.69) is 19.3 Å². The van der Waals surface area contributed by atoms with Gasteiger partial charge in [-0.3, -0.25) is 0 Å². The minimum atomic E-state index is 0.0863. The van der Waals surface area contributed by atoms with Crippen LogP contribution in [0.1, 0.15) is 6.92 Å². The zero-order valence-electron chi connectivity index (χ0n) is 6.24. The molecular weight excluding hydrogens is 130 g/mol. The smallest absolute Gasteiger partial charge is 0.0302 e. The van der Waals surface area contributed by atoms with Crippen molar-refractivity contribution in [3.63, 3.8) is 0 Å². The Kier molecular flexibility index (Phi) is 0.996. The number of hydrogen-bond donors (Lipinski definition) is 1. The van der Waals surface area contributed by atoms with Crippen LogP contribution in [0.25, 0.3) is 0 Å². The first-order valence-corrected chi connectivity index (χ1v) is 5.92. The molecule has 2 rings (SSSR count). The van der Waals surface area contributed by atoms with Gasteiger partial charge in [-0.05, 0) is 37.0 Å². The van der Waals surface area contributed by atoms with Gasteiger partial charge in [-0.25, -0.2) is 10.0 Å². The molecule has 1 nitrogen and oxygen atoms in total. The molecule has 0 atom stereocenters. The molecule has 2 aliphatic heterocycles. The maximum absolute atomic E-state index is 3.39. The zero-order valence-corrected chi connectivity index (χ0v) is 7.05. The van der Waals surface area contributed by atoms with Crippen LogP contribution in [0.4, 0.5) is 0 Å². The topological polar surface area (TPSA) is 12.0 Å². The zero-order chi connectivity index (χ0) is 6.54. The van der Waals surface area contributed by atoms with Crippen LogP contribution in [0, 0.1) is 0 Å². The summed E-state index contributed by atoms with van der Waals surface area (Å²) >= 11 is 0. The molecule has 1 N–H and O–H groups in total. The summed E-state index contributed by atoms with van der Waals surface area (Å²) in [5.74, 6) is 6.20. The fraction of sp³-hybridized carbons (Fsp3) is 1.00. The third kappa shape index (κ3) is 0.802. The monoisotopic (exact) mass is 145 g/mol. The van der Waals surface area contributed by atoms with Gasteiger partial charge in [0.25, 0.3) is 0 Å². The van der Waals surface area contributed by atoms with Gasteiger partial charge in [0.1, 0.15) is 0 Å². The van der Waals surface area contributed by atoms with Crippen LogP contribution in [0.5, 0.6) is 0 Å². The van der Waals surface area contributed by atoms with Gasteiger partial charge in [0.15, 0.2) is 0 Å². The number of rotatable bonds is 1. The normalized spacial score (nSPS) is 37.6. The van der Waals surface area contributed by atoms with E-state index < -0.39 is 0 Å². The Morgan fingerprint density at radius 2 is 1.89 bits per heavy atom. The molecular formula is C7H15NS. The summed E-state index contributed by atoms with van der Waals surface area (Å²) in [6, 6.07) is 0. The van der Waals surface area contributed by atoms with Crippen molar-refractivity contribution < 1.29 is 0 Å². The van der Waals surface area contributed by atoms with Crippen molar-refractivity contribution in [2.24, 2.45) is 0 Å². The molecule has 1 spiro atoms. The molecule has 2 heterocycles. The van der Waals surface area contributed by atoms with Crippen molar-refractivity contribution in [3.05, 3.63) is 0 Å². The summed E-state index contributed by atoms with van der Waals surface area (Å²) in [5.41, 5.74) is 0.547. The molecule has 0 aromatic heterocycles. The van der Waals surface area contributed by atoms with E-state index in [-0.39, 0.29) is 10.0 Å². The summed E-state index contributed by atoms with van der Waals surface area (Å²) in [7, 11) is 2.18. The van der Waals surface area contributed by atoms with Crippen molar-refractivity contribution in [3.8, 4) is 0 Å². The van der Waals surface area contributed by atoms with Crippen LogP contribution in [0.3, 0.4) is 0 Å². The Morgan fingerprint density at radius 1 is 1.33 bits per heavy atom. The molecule has 0 aromatic rings. The second-order valence-corrected chi connectivity index (χ2v) is 7.58. The minimum Gasteiger partial charge on any atom is -0.313 e. The van der Waals surface area contributed by atoms with E-state index in [1.807, 2.05) is 0 Å². The first-order valence-electron chi connectivity index (χ1n) is 3.61. The van der Waals surface area contributed by atoms with Crippen LogP contribution in [0.15, 0.2) is 0 Å². The average molecular weight is 145 g/mol. The Labute approximate surface area is 58.5 Å². The van der Waals surface area contributed by atoms with E-state index in [1.165, 1.54) is 11.5 Å². The largest absolute Gasteiger partial charge is 0.313 e. The third-order valence-corrected chi connectivity index (χ3v) is 6.70. The Hall–Kier alpha value is 0.310. The second kappa shape index (κ2) is 1.48. The molecule has 0 amide bonds. The second-order valence-electron chi connectivity index (χ2n) is 3.73. The molecule has 0 saturated carbocycles. The molecule has 9 heavy (non-hydrogen) atoms. The highest BCUT2D eigenvalue weighted by atomic mass is 32.3. The van der Waals surface area contributed by atoms with E-state index in [0.29, 0.717) is 5.54 Å². The molecule has 2 aliphatic rings. The van der Waals surface area contributed by atoms with Crippen LogP contribution in [-0.2, 0) is 0 Å². The van der Waals surface area contributed by atoms with Crippen LogP contribution >= 0.6 is 10.0 Å². The number of hydrogen-bond acceptors (Lipinski definition) is 1. The van der Waals surface area contributed by atoms with Gasteiger partial charge in [-0.15, -0.1) is 0 Å². The lowest BCUT2D eigenvalue weighted by Crippen LogP contribution is -2.55. The van der Waals surface area contributed by atoms with Gasteiger partial charge in [0.2, 0.25) is 0 Å². The summed E-state index contributed by atoms with van der Waals surface area (Å²) in [6.07, 6.45) is 0. The molecule has 0 unspecified atom stereocenters. The van der Waals surface area contributed by atoms with Gasteiger partial charge >= 0.3 is 0 Å². The molecule has 0 radical (unpaired) electrons. The van der Waals surface area contributed by atoms with Crippen molar-refractivity contribution in [1.82, 2.24) is 5.32 Å². The number of nitrogens with one attached hydrogen (secondary N) is 1. The molecule has 2 fully saturated rings. The third-order valence-electron chi connectivity index (χ3n) is 2.63. The fourth-order valence-electron chi connectivity index (χ4n) is 1.86. The molecule has 2 saturated heterocycles. The molecule has 54 valence electrons. The Bertz CT molecular complexity index is 132. The van der Waals surface area contributed by atoms with Crippen molar-refractivity contribution >= 4 is 10.0 Å². The quantitative estimate of drug-likeness (QED) is 0.538. The van der Waals surface area contributed by atoms with Crippen molar-refractivity contribution in [2.45, 2.75) is 12.5 Å². The Balaban J connectivity index is 1.95. The van der Waals surface area contributed by atoms with Gasteiger partial charge < -0.3 is 5.32 Å². The van der Waals surface area contributed by atoms with Gasteiger partial charge in [-0.2, -0.15) is 0 Å². The average Bonchev–Trinajstić information content (AvgIpc) is 2.46. The van der Waals surface area contributed by atoms with E-state index >= 15 is 0 Å². The molecule has 0 aromatic carbocycles. The highest BCUT2D eigenvalue weighted by Crippen LogP contribution is 2.70. The maximum atomic E-state index is 3.39. The van der Waals surface area contributed by atoms with Gasteiger partial charge in [0, 0.05) is 5.54 Å². The summed E-state index contributed by atoms with van der Waals surface area (Å²) in [5, 5.41) is 3.39. The van der Waals surface area contributed by atoms with E-state index in [9.17, 15) is 0 Å². The van der Waals surface area contributed by atoms with E-state index in [1.54, 1.807) is 11.5 Å². The van der Waals surface area contributed by atoms with E-state index in [4.69, 9.17) is 0 Å². The standard InChI is InChI=1S/C7H15NS/c1-7(8-2)5-9(6-7)3-4-9/h8H,3-6H2,1-2H3. The molecule has 2 heteroatoms. The lowest BCUT2D eigenvalue weighted by molar-refractivity contribution is 0.458.